The van der Waals surface area contributed by atoms with E-state index >= 15 is 0 Å². The minimum atomic E-state index is -4.60. The number of unbranched alkanes of at least 4 members (excludes halogenated alkanes) is 57. The molecule has 8 nitrogen and oxygen atoms in total. The van der Waals surface area contributed by atoms with Crippen LogP contribution in [0.4, 0.5) is 0 Å². The molecule has 0 bridgehead atoms. The summed E-state index contributed by atoms with van der Waals surface area (Å²) < 4.78 is 23.5. The Kier molecular flexibility index (Phi) is 64.1. The van der Waals surface area contributed by atoms with Crippen LogP contribution in [-0.4, -0.2) is 68.5 Å². The molecule has 490 valence electrons. The van der Waals surface area contributed by atoms with E-state index in [9.17, 15) is 19.4 Å². The van der Waals surface area contributed by atoms with Crippen molar-refractivity contribution < 1.29 is 32.9 Å². The summed E-state index contributed by atoms with van der Waals surface area (Å²) in [4.78, 5) is 25.6. The van der Waals surface area contributed by atoms with E-state index in [0.717, 1.165) is 38.5 Å². The van der Waals surface area contributed by atoms with E-state index in [0.29, 0.717) is 17.4 Å². The van der Waals surface area contributed by atoms with Crippen molar-refractivity contribution in [2.75, 3.05) is 40.9 Å². The number of amides is 1. The first-order valence-corrected chi connectivity index (χ1v) is 38.5. The fourth-order valence-corrected chi connectivity index (χ4v) is 12.5. The SMILES string of the molecule is CCCCCCCCCCCCCCCCCCCCCCC/C=C/C(O)C(COP(=O)([O-])OCC[N+](C)(C)C)NC(=O)CCCCCCCCCCCCCCCCCCCCCCCCCCCCCCCCCCCCCCC. The van der Waals surface area contributed by atoms with Crippen LogP contribution in [0.15, 0.2) is 12.2 Å². The number of likely N-dealkylation sites (N-methyl/N-ethyl adjacent to an activating group) is 1. The largest absolute Gasteiger partial charge is 0.756 e. The summed E-state index contributed by atoms with van der Waals surface area (Å²) in [5, 5.41) is 14.0. The molecular formula is C73H147N2O6P. The number of nitrogens with one attached hydrogen (secondary N) is 1. The molecule has 0 saturated heterocycles. The molecule has 0 aromatic heterocycles. The minimum absolute atomic E-state index is 0.00302. The van der Waals surface area contributed by atoms with Gasteiger partial charge in [-0.1, -0.05) is 386 Å². The lowest BCUT2D eigenvalue weighted by molar-refractivity contribution is -0.870. The third kappa shape index (κ3) is 66.8. The van der Waals surface area contributed by atoms with Crippen LogP contribution in [0, 0.1) is 0 Å². The first-order valence-electron chi connectivity index (χ1n) is 37.1. The van der Waals surface area contributed by atoms with E-state index in [4.69, 9.17) is 9.05 Å². The quantitative estimate of drug-likeness (QED) is 0.0272. The predicted molar refractivity (Wildman–Crippen MR) is 358 cm³/mol. The zero-order valence-electron chi connectivity index (χ0n) is 56.2. The number of nitrogens with zero attached hydrogens (tertiary/aromatic N) is 1. The van der Waals surface area contributed by atoms with E-state index in [1.807, 2.05) is 27.2 Å². The Hall–Kier alpha value is -0.760. The molecule has 0 aromatic carbocycles. The Labute approximate surface area is 513 Å². The third-order valence-electron chi connectivity index (χ3n) is 17.5. The first-order chi connectivity index (χ1) is 40.0. The number of phosphoric acid groups is 1. The molecule has 3 unspecified atom stereocenters. The monoisotopic (exact) mass is 1180 g/mol. The topological polar surface area (TPSA) is 108 Å². The van der Waals surface area contributed by atoms with Crippen molar-refractivity contribution in [2.45, 2.75) is 411 Å². The number of quaternary nitrogens is 1. The molecule has 1 amide bonds. The molecule has 2 N–H and O–H groups in total. The molecule has 0 spiro atoms. The zero-order valence-corrected chi connectivity index (χ0v) is 57.1. The Morgan fingerprint density at radius 2 is 0.659 bits per heavy atom. The van der Waals surface area contributed by atoms with Gasteiger partial charge in [0.1, 0.15) is 13.2 Å². The number of aliphatic hydroxyl groups excluding tert-OH is 1. The maximum absolute atomic E-state index is 13.0. The van der Waals surface area contributed by atoms with Crippen molar-refractivity contribution in [3.05, 3.63) is 12.2 Å². The maximum atomic E-state index is 13.0. The van der Waals surface area contributed by atoms with Crippen LogP contribution in [0.5, 0.6) is 0 Å². The maximum Gasteiger partial charge on any atom is 0.268 e. The number of hydrogen-bond donors (Lipinski definition) is 2. The summed E-state index contributed by atoms with van der Waals surface area (Å²) in [5.41, 5.74) is 0. The Morgan fingerprint density at radius 3 is 0.915 bits per heavy atom. The molecule has 0 fully saturated rings. The second kappa shape index (κ2) is 64.7. The average molecular weight is 1180 g/mol. The van der Waals surface area contributed by atoms with Gasteiger partial charge in [0.25, 0.3) is 7.82 Å². The molecule has 0 radical (unpaired) electrons. The van der Waals surface area contributed by atoms with E-state index in [2.05, 4.69) is 19.2 Å². The molecule has 0 heterocycles. The lowest BCUT2D eigenvalue weighted by Gasteiger charge is -2.29. The molecule has 9 heteroatoms. The average Bonchev–Trinajstić information content (AvgIpc) is 3.47. The number of aliphatic hydroxyl groups is 1. The smallest absolute Gasteiger partial charge is 0.268 e. The molecule has 0 aromatic rings. The molecule has 0 rings (SSSR count). The van der Waals surface area contributed by atoms with Gasteiger partial charge in [-0.2, -0.15) is 0 Å². The van der Waals surface area contributed by atoms with Crippen LogP contribution < -0.4 is 10.2 Å². The van der Waals surface area contributed by atoms with Gasteiger partial charge >= 0.3 is 0 Å². The summed E-state index contributed by atoms with van der Waals surface area (Å²) in [7, 11) is 1.29. The van der Waals surface area contributed by atoms with Crippen molar-refractivity contribution in [1.82, 2.24) is 5.32 Å². The van der Waals surface area contributed by atoms with Crippen molar-refractivity contribution in [3.8, 4) is 0 Å². The van der Waals surface area contributed by atoms with Crippen LogP contribution in [0.25, 0.3) is 0 Å². The van der Waals surface area contributed by atoms with Gasteiger partial charge in [0, 0.05) is 6.42 Å². The van der Waals surface area contributed by atoms with E-state index < -0.39 is 20.0 Å². The molecule has 0 saturated carbocycles. The first kappa shape index (κ1) is 81.2. The molecule has 0 aliphatic carbocycles. The van der Waals surface area contributed by atoms with Gasteiger partial charge < -0.3 is 28.8 Å². The Balaban J connectivity index is 3.93. The standard InChI is InChI=1S/C73H147N2O6P/c1-6-8-10-12-14-16-18-20-22-24-26-28-30-31-32-33-34-35-36-37-38-39-40-41-42-43-45-47-49-51-53-55-57-59-61-63-65-67-73(77)74-71(70-81-82(78,79)80-69-68-75(3,4)5)72(76)66-64-62-60-58-56-54-52-50-48-46-44-29-27-25-23-21-19-17-15-13-11-9-7-2/h64,66,71-72,76H,6-63,65,67-70H2,1-5H3,(H-,74,77,78,79)/b66-64+. The lowest BCUT2D eigenvalue weighted by Crippen LogP contribution is -2.45. The Morgan fingerprint density at radius 1 is 0.415 bits per heavy atom. The highest BCUT2D eigenvalue weighted by molar-refractivity contribution is 7.45. The lowest BCUT2D eigenvalue weighted by atomic mass is 10.0. The summed E-state index contributed by atoms with van der Waals surface area (Å²) in [6.45, 7) is 4.73. The number of rotatable bonds is 70. The summed E-state index contributed by atoms with van der Waals surface area (Å²) >= 11 is 0. The highest BCUT2D eigenvalue weighted by Gasteiger charge is 2.23. The molecule has 0 aliphatic heterocycles. The van der Waals surface area contributed by atoms with Crippen LogP contribution in [0.1, 0.15) is 399 Å². The second-order valence-electron chi connectivity index (χ2n) is 27.0. The fraction of sp³-hybridized carbons (Fsp3) is 0.959. The highest BCUT2D eigenvalue weighted by atomic mass is 31.2. The Bertz CT molecular complexity index is 1340. The van der Waals surface area contributed by atoms with E-state index in [1.165, 1.54) is 340 Å². The van der Waals surface area contributed by atoms with Gasteiger partial charge in [-0.05, 0) is 19.3 Å². The van der Waals surface area contributed by atoms with Gasteiger partial charge in [-0.3, -0.25) is 9.36 Å². The minimum Gasteiger partial charge on any atom is -0.756 e. The molecule has 0 aliphatic rings. The van der Waals surface area contributed by atoms with Crippen molar-refractivity contribution in [3.63, 3.8) is 0 Å². The summed E-state index contributed by atoms with van der Waals surface area (Å²) in [6.07, 6.45) is 83.6. The van der Waals surface area contributed by atoms with Crippen LogP contribution in [0.3, 0.4) is 0 Å². The molecular weight excluding hydrogens is 1030 g/mol. The van der Waals surface area contributed by atoms with Gasteiger partial charge in [0.05, 0.1) is 39.9 Å². The van der Waals surface area contributed by atoms with E-state index in [-0.39, 0.29) is 19.1 Å². The number of allylic oxidation sites excluding steroid dienone is 1. The van der Waals surface area contributed by atoms with Gasteiger partial charge in [0.2, 0.25) is 5.91 Å². The molecule has 82 heavy (non-hydrogen) atoms. The predicted octanol–water partition coefficient (Wildman–Crippen LogP) is 23.0. The number of carbonyl (C=O) groups excluding carboxylic acids is 1. The third-order valence-corrected chi connectivity index (χ3v) is 18.5. The number of carbonyl (C=O) groups is 1. The van der Waals surface area contributed by atoms with Gasteiger partial charge in [0.15, 0.2) is 0 Å². The van der Waals surface area contributed by atoms with Crippen molar-refractivity contribution in [1.29, 1.82) is 0 Å². The normalized spacial score (nSPS) is 13.6. The zero-order chi connectivity index (χ0) is 59.8. The molecule has 3 atom stereocenters. The number of hydrogen-bond acceptors (Lipinski definition) is 6. The van der Waals surface area contributed by atoms with Crippen molar-refractivity contribution in [2.24, 2.45) is 0 Å². The van der Waals surface area contributed by atoms with Gasteiger partial charge in [-0.25, -0.2) is 0 Å². The van der Waals surface area contributed by atoms with Crippen LogP contribution in [-0.2, 0) is 18.4 Å². The van der Waals surface area contributed by atoms with Gasteiger partial charge in [-0.15, -0.1) is 0 Å². The van der Waals surface area contributed by atoms with Crippen LogP contribution >= 0.6 is 7.82 Å². The van der Waals surface area contributed by atoms with E-state index in [1.54, 1.807) is 6.08 Å². The van der Waals surface area contributed by atoms with Crippen molar-refractivity contribution >= 4 is 13.7 Å². The summed E-state index contributed by atoms with van der Waals surface area (Å²) in [5.74, 6) is -0.187. The van der Waals surface area contributed by atoms with Crippen LogP contribution in [0.2, 0.25) is 0 Å². The summed E-state index contributed by atoms with van der Waals surface area (Å²) in [6, 6.07) is -0.884. The number of phosphoric ester groups is 1. The fourth-order valence-electron chi connectivity index (χ4n) is 11.7. The highest BCUT2D eigenvalue weighted by Crippen LogP contribution is 2.38. The second-order valence-corrected chi connectivity index (χ2v) is 28.4.